The molecule has 0 saturated carbocycles. The van der Waals surface area contributed by atoms with E-state index in [0.717, 1.165) is 32.2 Å². The lowest BCUT2D eigenvalue weighted by Gasteiger charge is -2.05. The molecule has 0 spiro atoms. The van der Waals surface area contributed by atoms with Gasteiger partial charge >= 0.3 is 0 Å². The summed E-state index contributed by atoms with van der Waals surface area (Å²) in [6.45, 7) is 0.882. The highest BCUT2D eigenvalue weighted by Gasteiger charge is 2.25. The molecule has 80 valence electrons. The number of rotatable bonds is 1. The molecule has 1 N–H and O–H groups in total. The van der Waals surface area contributed by atoms with Crippen molar-refractivity contribution < 1.29 is 9.00 Å². The molecule has 4 nitrogen and oxygen atoms in total. The van der Waals surface area contributed by atoms with Gasteiger partial charge in [-0.3, -0.25) is 4.79 Å². The van der Waals surface area contributed by atoms with E-state index in [1.54, 1.807) is 0 Å². The summed E-state index contributed by atoms with van der Waals surface area (Å²) in [6, 6.07) is -0.158. The summed E-state index contributed by atoms with van der Waals surface area (Å²) in [6.07, 6.45) is 3.77. The van der Waals surface area contributed by atoms with Crippen molar-refractivity contribution in [3.8, 4) is 0 Å². The Morgan fingerprint density at radius 1 is 1.29 bits per heavy atom. The van der Waals surface area contributed by atoms with E-state index in [4.69, 9.17) is 0 Å². The predicted molar refractivity (Wildman–Crippen MR) is 55.6 cm³/mol. The molecule has 0 bridgehead atoms. The van der Waals surface area contributed by atoms with E-state index in [-0.39, 0.29) is 11.9 Å². The maximum atomic E-state index is 11.9. The number of nitrogens with one attached hydrogen (secondary N) is 1. The molecule has 14 heavy (non-hydrogen) atoms. The van der Waals surface area contributed by atoms with Gasteiger partial charge in [-0.1, -0.05) is 0 Å². The Balaban J connectivity index is 2.08. The molecule has 2 aliphatic rings. The molecule has 2 aliphatic heterocycles. The number of amides is 1. The van der Waals surface area contributed by atoms with E-state index >= 15 is 0 Å². The first kappa shape index (κ1) is 10.1. The largest absolute Gasteiger partial charge is 0.306 e. The SMILES string of the molecule is O=C(N=S1(=O)CCCC1)[C@H]1CCCN1. The van der Waals surface area contributed by atoms with Crippen LogP contribution in [0.15, 0.2) is 4.36 Å². The van der Waals surface area contributed by atoms with E-state index in [9.17, 15) is 9.00 Å². The van der Waals surface area contributed by atoms with Gasteiger partial charge in [-0.25, -0.2) is 4.21 Å². The number of carbonyl (C=O) groups excluding carboxylic acids is 1. The van der Waals surface area contributed by atoms with Crippen LogP contribution in [0.3, 0.4) is 0 Å². The van der Waals surface area contributed by atoms with Crippen LogP contribution in [-0.4, -0.2) is 34.2 Å². The molecule has 2 rings (SSSR count). The van der Waals surface area contributed by atoms with Gasteiger partial charge in [0.1, 0.15) is 0 Å². The van der Waals surface area contributed by atoms with Crippen LogP contribution in [-0.2, 0) is 14.5 Å². The van der Waals surface area contributed by atoms with Crippen LogP contribution in [0.2, 0.25) is 0 Å². The first-order chi connectivity index (χ1) is 6.70. The molecule has 2 heterocycles. The first-order valence-corrected chi connectivity index (χ1v) is 7.05. The standard InChI is InChI=1S/C9H16N2O2S/c12-9(8-4-3-5-10-8)11-14(13)6-1-2-7-14/h8,10H,1-7H2/t8-/m1/s1. The summed E-state index contributed by atoms with van der Waals surface area (Å²) in [4.78, 5) is 11.6. The van der Waals surface area contributed by atoms with Gasteiger partial charge in [-0.05, 0) is 32.2 Å². The normalized spacial score (nSPS) is 30.4. The topological polar surface area (TPSA) is 58.5 Å². The van der Waals surface area contributed by atoms with Crippen LogP contribution in [0, 0.1) is 0 Å². The van der Waals surface area contributed by atoms with Crippen LogP contribution in [0.1, 0.15) is 25.7 Å². The number of hydrogen-bond donors (Lipinski definition) is 1. The molecule has 2 saturated heterocycles. The van der Waals surface area contributed by atoms with Gasteiger partial charge in [0, 0.05) is 11.5 Å². The lowest BCUT2D eigenvalue weighted by atomic mass is 10.2. The van der Waals surface area contributed by atoms with Crippen molar-refractivity contribution in [2.24, 2.45) is 4.36 Å². The second kappa shape index (κ2) is 3.98. The zero-order valence-electron chi connectivity index (χ0n) is 8.20. The molecular weight excluding hydrogens is 200 g/mol. The predicted octanol–water partition coefficient (Wildman–Crippen LogP) is 0.527. The second-order valence-corrected chi connectivity index (χ2v) is 6.51. The van der Waals surface area contributed by atoms with E-state index in [1.807, 2.05) is 0 Å². The maximum absolute atomic E-state index is 11.9. The Bertz CT molecular complexity index is 327. The van der Waals surface area contributed by atoms with Crippen LogP contribution in [0.4, 0.5) is 0 Å². The number of carbonyl (C=O) groups is 1. The van der Waals surface area contributed by atoms with Crippen molar-refractivity contribution in [1.82, 2.24) is 5.32 Å². The quantitative estimate of drug-likeness (QED) is 0.695. The minimum absolute atomic E-state index is 0.158. The van der Waals surface area contributed by atoms with E-state index < -0.39 is 9.73 Å². The Labute approximate surface area is 84.6 Å². The van der Waals surface area contributed by atoms with Crippen molar-refractivity contribution in [1.29, 1.82) is 0 Å². The third-order valence-electron chi connectivity index (χ3n) is 2.79. The van der Waals surface area contributed by atoms with Gasteiger partial charge in [0.15, 0.2) is 0 Å². The molecule has 5 heteroatoms. The average Bonchev–Trinajstić information content (AvgIpc) is 2.74. The van der Waals surface area contributed by atoms with Gasteiger partial charge in [0.2, 0.25) is 0 Å². The zero-order chi connectivity index (χ0) is 10.0. The minimum atomic E-state index is -2.15. The van der Waals surface area contributed by atoms with Gasteiger partial charge in [-0.15, -0.1) is 0 Å². The summed E-state index contributed by atoms with van der Waals surface area (Å²) in [5.74, 6) is 1.05. The molecule has 0 aromatic rings. The fourth-order valence-corrected chi connectivity index (χ4v) is 4.12. The fourth-order valence-electron chi connectivity index (χ4n) is 1.97. The Kier molecular flexibility index (Phi) is 2.88. The highest BCUT2D eigenvalue weighted by molar-refractivity contribution is 7.94. The number of nitrogens with zero attached hydrogens (tertiary/aromatic N) is 1. The summed E-state index contributed by atoms with van der Waals surface area (Å²) in [5, 5.41) is 3.08. The lowest BCUT2D eigenvalue weighted by molar-refractivity contribution is -0.119. The highest BCUT2D eigenvalue weighted by Crippen LogP contribution is 2.15. The smallest absolute Gasteiger partial charge is 0.270 e. The monoisotopic (exact) mass is 216 g/mol. The molecule has 0 aliphatic carbocycles. The van der Waals surface area contributed by atoms with Gasteiger partial charge < -0.3 is 5.32 Å². The molecule has 2 fully saturated rings. The highest BCUT2D eigenvalue weighted by atomic mass is 32.2. The van der Waals surface area contributed by atoms with E-state index in [1.165, 1.54) is 0 Å². The van der Waals surface area contributed by atoms with Gasteiger partial charge in [0.25, 0.3) is 5.91 Å². The third kappa shape index (κ3) is 2.15. The van der Waals surface area contributed by atoms with Crippen molar-refractivity contribution in [3.05, 3.63) is 0 Å². The molecule has 0 radical (unpaired) electrons. The summed E-state index contributed by atoms with van der Waals surface area (Å²) in [7, 11) is -2.15. The number of hydrogen-bond acceptors (Lipinski definition) is 3. The molecule has 1 amide bonds. The van der Waals surface area contributed by atoms with E-state index in [0.29, 0.717) is 11.5 Å². The van der Waals surface area contributed by atoms with Crippen molar-refractivity contribution in [2.45, 2.75) is 31.7 Å². The van der Waals surface area contributed by atoms with Crippen molar-refractivity contribution in [3.63, 3.8) is 0 Å². The Hall–Kier alpha value is -0.420. The Morgan fingerprint density at radius 2 is 2.00 bits per heavy atom. The molecule has 0 unspecified atom stereocenters. The first-order valence-electron chi connectivity index (χ1n) is 5.19. The van der Waals surface area contributed by atoms with Crippen molar-refractivity contribution in [2.75, 3.05) is 18.1 Å². The lowest BCUT2D eigenvalue weighted by Crippen LogP contribution is -2.30. The summed E-state index contributed by atoms with van der Waals surface area (Å²) >= 11 is 0. The molecule has 0 aromatic carbocycles. The third-order valence-corrected chi connectivity index (χ3v) is 5.16. The Morgan fingerprint density at radius 3 is 2.57 bits per heavy atom. The van der Waals surface area contributed by atoms with Crippen molar-refractivity contribution >= 4 is 15.6 Å². The summed E-state index contributed by atoms with van der Waals surface area (Å²) < 4.78 is 15.9. The van der Waals surface area contributed by atoms with Crippen LogP contribution in [0.25, 0.3) is 0 Å². The van der Waals surface area contributed by atoms with Crippen LogP contribution >= 0.6 is 0 Å². The second-order valence-electron chi connectivity index (χ2n) is 3.97. The molecule has 0 aromatic heterocycles. The van der Waals surface area contributed by atoms with E-state index in [2.05, 4.69) is 9.68 Å². The molecule has 1 atom stereocenters. The van der Waals surface area contributed by atoms with Crippen LogP contribution in [0.5, 0.6) is 0 Å². The zero-order valence-corrected chi connectivity index (χ0v) is 9.02. The average molecular weight is 216 g/mol. The maximum Gasteiger partial charge on any atom is 0.270 e. The van der Waals surface area contributed by atoms with Gasteiger partial charge in [0.05, 0.1) is 15.8 Å². The fraction of sp³-hybridized carbons (Fsp3) is 0.889. The molecular formula is C9H16N2O2S. The summed E-state index contributed by atoms with van der Waals surface area (Å²) in [5.41, 5.74) is 0. The minimum Gasteiger partial charge on any atom is -0.306 e. The van der Waals surface area contributed by atoms with Gasteiger partial charge in [-0.2, -0.15) is 4.36 Å². The van der Waals surface area contributed by atoms with Crippen LogP contribution < -0.4 is 5.32 Å².